The van der Waals surface area contributed by atoms with Gasteiger partial charge in [-0.05, 0) is 70.0 Å². The number of fused-ring (bicyclic) bond motifs is 1. The molecule has 1 N–H and O–H groups in total. The SMILES string of the molecule is CS(=O)(=O)c1ccc(CNC(=O)c2cccc3c2c(Br)nn3-c2ccc(F)cc2)cc1. The van der Waals surface area contributed by atoms with E-state index < -0.39 is 9.84 Å². The summed E-state index contributed by atoms with van der Waals surface area (Å²) in [6, 6.07) is 17.6. The number of nitrogens with one attached hydrogen (secondary N) is 1. The number of benzene rings is 3. The maximum atomic E-state index is 13.3. The van der Waals surface area contributed by atoms with Crippen molar-refractivity contribution in [2.45, 2.75) is 11.4 Å². The highest BCUT2D eigenvalue weighted by atomic mass is 79.9. The minimum atomic E-state index is -3.27. The summed E-state index contributed by atoms with van der Waals surface area (Å²) in [5.74, 6) is -0.638. The standard InChI is InChI=1S/C22H17BrFN3O3S/c1-31(29,30)17-11-5-14(6-12-17)13-25-22(28)18-3-2-4-19-20(18)21(23)26-27(19)16-9-7-15(24)8-10-16/h2-12H,13H2,1H3,(H,25,28). The van der Waals surface area contributed by atoms with E-state index in [0.29, 0.717) is 26.8 Å². The molecule has 3 aromatic carbocycles. The maximum Gasteiger partial charge on any atom is 0.252 e. The number of aromatic nitrogens is 2. The fourth-order valence-corrected chi connectivity index (χ4v) is 4.43. The second kappa shape index (κ2) is 8.24. The Kier molecular flexibility index (Phi) is 5.63. The highest BCUT2D eigenvalue weighted by Gasteiger charge is 2.18. The molecule has 4 rings (SSSR count). The fraction of sp³-hybridized carbons (Fsp3) is 0.0909. The first-order valence-corrected chi connectivity index (χ1v) is 11.9. The predicted octanol–water partition coefficient (Wildman–Crippen LogP) is 4.26. The van der Waals surface area contributed by atoms with Gasteiger partial charge in [0.25, 0.3) is 5.91 Å². The Morgan fingerprint density at radius 1 is 1.06 bits per heavy atom. The maximum absolute atomic E-state index is 13.3. The highest BCUT2D eigenvalue weighted by Crippen LogP contribution is 2.29. The van der Waals surface area contributed by atoms with E-state index >= 15 is 0 Å². The van der Waals surface area contributed by atoms with Gasteiger partial charge in [-0.2, -0.15) is 5.10 Å². The van der Waals surface area contributed by atoms with Crippen LogP contribution in [0, 0.1) is 5.82 Å². The number of sulfone groups is 1. The molecule has 4 aromatic rings. The van der Waals surface area contributed by atoms with Crippen LogP contribution in [0.1, 0.15) is 15.9 Å². The highest BCUT2D eigenvalue weighted by molar-refractivity contribution is 9.10. The van der Waals surface area contributed by atoms with E-state index in [2.05, 4.69) is 26.3 Å². The average molecular weight is 502 g/mol. The molecule has 9 heteroatoms. The zero-order chi connectivity index (χ0) is 22.2. The van der Waals surface area contributed by atoms with E-state index in [-0.39, 0.29) is 23.2 Å². The molecule has 1 amide bonds. The molecule has 31 heavy (non-hydrogen) atoms. The normalized spacial score (nSPS) is 11.6. The van der Waals surface area contributed by atoms with Gasteiger partial charge in [-0.1, -0.05) is 18.2 Å². The Morgan fingerprint density at radius 2 is 1.74 bits per heavy atom. The molecule has 6 nitrogen and oxygen atoms in total. The van der Waals surface area contributed by atoms with Crippen LogP contribution in [0.5, 0.6) is 0 Å². The van der Waals surface area contributed by atoms with Gasteiger partial charge in [0.1, 0.15) is 10.4 Å². The molecule has 1 heterocycles. The smallest absolute Gasteiger partial charge is 0.252 e. The second-order valence-corrected chi connectivity index (χ2v) is 9.74. The van der Waals surface area contributed by atoms with E-state index in [1.807, 2.05) is 6.07 Å². The molecule has 1 aromatic heterocycles. The lowest BCUT2D eigenvalue weighted by molar-refractivity contribution is 0.0952. The number of nitrogens with zero attached hydrogens (tertiary/aromatic N) is 2. The van der Waals surface area contributed by atoms with E-state index in [1.165, 1.54) is 24.3 Å². The molecule has 0 spiro atoms. The van der Waals surface area contributed by atoms with Crippen molar-refractivity contribution < 1.29 is 17.6 Å². The Balaban J connectivity index is 1.61. The molecule has 158 valence electrons. The third kappa shape index (κ3) is 4.38. The van der Waals surface area contributed by atoms with Crippen molar-refractivity contribution >= 4 is 42.6 Å². The van der Waals surface area contributed by atoms with Gasteiger partial charge >= 0.3 is 0 Å². The summed E-state index contributed by atoms with van der Waals surface area (Å²) < 4.78 is 38.6. The van der Waals surface area contributed by atoms with Crippen molar-refractivity contribution in [2.75, 3.05) is 6.26 Å². The van der Waals surface area contributed by atoms with Crippen LogP contribution in [0.25, 0.3) is 16.6 Å². The Bertz CT molecular complexity index is 1380. The lowest BCUT2D eigenvalue weighted by Gasteiger charge is -2.08. The van der Waals surface area contributed by atoms with Crippen molar-refractivity contribution in [3.8, 4) is 5.69 Å². The lowest BCUT2D eigenvalue weighted by atomic mass is 10.1. The first-order valence-electron chi connectivity index (χ1n) is 9.24. The van der Waals surface area contributed by atoms with Crippen molar-refractivity contribution in [3.63, 3.8) is 0 Å². The Hall–Kier alpha value is -3.04. The van der Waals surface area contributed by atoms with Crippen LogP contribution in [-0.4, -0.2) is 30.4 Å². The molecule has 0 saturated carbocycles. The molecular formula is C22H17BrFN3O3S. The summed E-state index contributed by atoms with van der Waals surface area (Å²) in [5, 5.41) is 7.95. The number of carbonyl (C=O) groups is 1. The topological polar surface area (TPSA) is 81.1 Å². The van der Waals surface area contributed by atoms with Gasteiger partial charge < -0.3 is 5.32 Å². The minimum Gasteiger partial charge on any atom is -0.348 e. The molecule has 0 saturated heterocycles. The third-order valence-electron chi connectivity index (χ3n) is 4.79. The number of halogens is 2. The van der Waals surface area contributed by atoms with Crippen LogP contribution in [0.3, 0.4) is 0 Å². The minimum absolute atomic E-state index is 0.226. The summed E-state index contributed by atoms with van der Waals surface area (Å²) >= 11 is 3.43. The molecule has 0 aliphatic carbocycles. The molecule has 0 radical (unpaired) electrons. The van der Waals surface area contributed by atoms with E-state index in [9.17, 15) is 17.6 Å². The van der Waals surface area contributed by atoms with Crippen LogP contribution < -0.4 is 5.32 Å². The molecule has 0 unspecified atom stereocenters. The lowest BCUT2D eigenvalue weighted by Crippen LogP contribution is -2.23. The fourth-order valence-electron chi connectivity index (χ4n) is 3.23. The molecule has 0 aliphatic heterocycles. The van der Waals surface area contributed by atoms with Crippen LogP contribution in [0.2, 0.25) is 0 Å². The van der Waals surface area contributed by atoms with Gasteiger partial charge in [0, 0.05) is 18.2 Å². The molecular weight excluding hydrogens is 485 g/mol. The van der Waals surface area contributed by atoms with E-state index in [0.717, 1.165) is 11.8 Å². The van der Waals surface area contributed by atoms with Crippen molar-refractivity contribution in [2.24, 2.45) is 0 Å². The van der Waals surface area contributed by atoms with Gasteiger partial charge in [-0.15, -0.1) is 0 Å². The summed E-state index contributed by atoms with van der Waals surface area (Å²) in [6.45, 7) is 0.239. The molecule has 0 aliphatic rings. The number of hydrogen-bond acceptors (Lipinski definition) is 4. The van der Waals surface area contributed by atoms with E-state index in [4.69, 9.17) is 0 Å². The van der Waals surface area contributed by atoms with Crippen LogP contribution in [0.4, 0.5) is 4.39 Å². The zero-order valence-corrected chi connectivity index (χ0v) is 18.7. The number of rotatable bonds is 5. The largest absolute Gasteiger partial charge is 0.348 e. The van der Waals surface area contributed by atoms with E-state index in [1.54, 1.807) is 41.1 Å². The van der Waals surface area contributed by atoms with Gasteiger partial charge in [0.2, 0.25) is 0 Å². The second-order valence-electron chi connectivity index (χ2n) is 6.98. The third-order valence-corrected chi connectivity index (χ3v) is 6.47. The van der Waals surface area contributed by atoms with Crippen LogP contribution >= 0.6 is 15.9 Å². The van der Waals surface area contributed by atoms with Gasteiger partial charge in [-0.3, -0.25) is 4.79 Å². The first-order chi connectivity index (χ1) is 14.7. The monoisotopic (exact) mass is 501 g/mol. The van der Waals surface area contributed by atoms with Crippen LogP contribution in [0.15, 0.2) is 76.2 Å². The number of amides is 1. The Labute approximate surface area is 186 Å². The molecule has 0 bridgehead atoms. The molecule has 0 fully saturated rings. The zero-order valence-electron chi connectivity index (χ0n) is 16.3. The first kappa shape index (κ1) is 21.2. The quantitative estimate of drug-likeness (QED) is 0.442. The van der Waals surface area contributed by atoms with Crippen molar-refractivity contribution in [1.29, 1.82) is 0 Å². The van der Waals surface area contributed by atoms with Gasteiger partial charge in [0.15, 0.2) is 9.84 Å². The van der Waals surface area contributed by atoms with Crippen molar-refractivity contribution in [1.82, 2.24) is 15.1 Å². The number of carbonyl (C=O) groups excluding carboxylic acids is 1. The van der Waals surface area contributed by atoms with Crippen LogP contribution in [-0.2, 0) is 16.4 Å². The Morgan fingerprint density at radius 3 is 2.39 bits per heavy atom. The average Bonchev–Trinajstić information content (AvgIpc) is 3.09. The number of hydrogen-bond donors (Lipinski definition) is 1. The predicted molar refractivity (Wildman–Crippen MR) is 119 cm³/mol. The summed E-state index contributed by atoms with van der Waals surface area (Å²) in [5.41, 5.74) is 2.57. The summed E-state index contributed by atoms with van der Waals surface area (Å²) in [6.07, 6.45) is 1.15. The summed E-state index contributed by atoms with van der Waals surface area (Å²) in [4.78, 5) is 13.1. The molecule has 0 atom stereocenters. The summed E-state index contributed by atoms with van der Waals surface area (Å²) in [7, 11) is -3.27. The van der Waals surface area contributed by atoms with Crippen molar-refractivity contribution in [3.05, 3.63) is 88.3 Å². The van der Waals surface area contributed by atoms with Gasteiger partial charge in [-0.25, -0.2) is 17.5 Å². The van der Waals surface area contributed by atoms with Gasteiger partial charge in [0.05, 0.1) is 21.7 Å².